The predicted molar refractivity (Wildman–Crippen MR) is 82.6 cm³/mol. The van der Waals surface area contributed by atoms with Crippen LogP contribution in [0.3, 0.4) is 0 Å². The van der Waals surface area contributed by atoms with Gasteiger partial charge in [-0.2, -0.15) is 0 Å². The molecule has 1 aromatic rings. The number of nitrogens with one attached hydrogen (secondary N) is 1. The Morgan fingerprint density at radius 2 is 2.00 bits per heavy atom. The molecule has 120 valence electrons. The second kappa shape index (κ2) is 7.02. The first-order chi connectivity index (χ1) is 10.7. The first-order valence-corrected chi connectivity index (χ1v) is 7.83. The molecular formula is C15H23N5O2. The van der Waals surface area contributed by atoms with E-state index in [1.54, 1.807) is 12.4 Å². The number of nitrogens with zero attached hydrogens (tertiary/aromatic N) is 4. The van der Waals surface area contributed by atoms with E-state index < -0.39 is 6.10 Å². The molecule has 3 heterocycles. The minimum Gasteiger partial charge on any atom is -0.365 e. The van der Waals surface area contributed by atoms with Gasteiger partial charge in [0.05, 0.1) is 31.2 Å². The molecule has 3 rings (SSSR count). The Bertz CT molecular complexity index is 490. The fraction of sp³-hybridized carbons (Fsp3) is 0.667. The molecule has 1 N–H and O–H groups in total. The molecule has 2 aliphatic heterocycles. The highest BCUT2D eigenvalue weighted by Crippen LogP contribution is 2.16. The first-order valence-electron chi connectivity index (χ1n) is 7.83. The lowest BCUT2D eigenvalue weighted by atomic mass is 10.1. The van der Waals surface area contributed by atoms with Crippen molar-refractivity contribution in [2.45, 2.75) is 25.0 Å². The number of carbonyl (C=O) groups is 1. The van der Waals surface area contributed by atoms with Gasteiger partial charge in [0.15, 0.2) is 6.10 Å². The highest BCUT2D eigenvalue weighted by Gasteiger charge is 2.29. The Kier molecular flexibility index (Phi) is 4.84. The third-order valence-corrected chi connectivity index (χ3v) is 4.34. The van der Waals surface area contributed by atoms with E-state index in [-0.39, 0.29) is 11.9 Å². The Morgan fingerprint density at radius 1 is 1.27 bits per heavy atom. The third kappa shape index (κ3) is 3.72. The van der Waals surface area contributed by atoms with E-state index in [0.717, 1.165) is 38.2 Å². The van der Waals surface area contributed by atoms with Crippen molar-refractivity contribution in [3.05, 3.63) is 18.7 Å². The van der Waals surface area contributed by atoms with Gasteiger partial charge in [-0.1, -0.05) is 0 Å². The molecule has 1 aromatic heterocycles. The number of aromatic nitrogens is 2. The van der Waals surface area contributed by atoms with E-state index in [9.17, 15) is 4.79 Å². The highest BCUT2D eigenvalue weighted by molar-refractivity contribution is 5.82. The predicted octanol–water partition coefficient (Wildman–Crippen LogP) is -0.108. The van der Waals surface area contributed by atoms with E-state index in [2.05, 4.69) is 32.1 Å². The lowest BCUT2D eigenvalue weighted by molar-refractivity contribution is -0.134. The molecule has 2 fully saturated rings. The summed E-state index contributed by atoms with van der Waals surface area (Å²) in [4.78, 5) is 24.9. The standard InChI is InChI=1S/C15H23N5O2/c1-19-4-2-12(3-5-19)18-15(21)14-10-20(6-7-22-14)13-8-16-11-17-9-13/h8-9,11-12,14H,2-7,10H2,1H3,(H,18,21). The molecule has 0 spiro atoms. The molecule has 1 unspecified atom stereocenters. The van der Waals surface area contributed by atoms with Crippen LogP contribution >= 0.6 is 0 Å². The zero-order chi connectivity index (χ0) is 15.4. The van der Waals surface area contributed by atoms with Crippen molar-refractivity contribution in [1.82, 2.24) is 20.2 Å². The number of carbonyl (C=O) groups excluding carboxylic acids is 1. The van der Waals surface area contributed by atoms with Crippen LogP contribution in [0.15, 0.2) is 18.7 Å². The van der Waals surface area contributed by atoms with Crippen molar-refractivity contribution in [2.75, 3.05) is 44.7 Å². The van der Waals surface area contributed by atoms with Crippen molar-refractivity contribution in [3.8, 4) is 0 Å². The molecule has 1 atom stereocenters. The summed E-state index contributed by atoms with van der Waals surface area (Å²) in [5.74, 6) is -0.00361. The van der Waals surface area contributed by atoms with Crippen LogP contribution in [0.1, 0.15) is 12.8 Å². The number of hydrogen-bond acceptors (Lipinski definition) is 6. The number of hydrogen-bond donors (Lipinski definition) is 1. The zero-order valence-corrected chi connectivity index (χ0v) is 12.9. The lowest BCUT2D eigenvalue weighted by Crippen LogP contribution is -2.53. The Labute approximate surface area is 130 Å². The number of anilines is 1. The summed E-state index contributed by atoms with van der Waals surface area (Å²) in [6.45, 7) is 3.91. The molecule has 0 aromatic carbocycles. The van der Waals surface area contributed by atoms with Gasteiger partial charge in [-0.15, -0.1) is 0 Å². The number of amides is 1. The van der Waals surface area contributed by atoms with E-state index >= 15 is 0 Å². The van der Waals surface area contributed by atoms with Crippen molar-refractivity contribution < 1.29 is 9.53 Å². The molecule has 2 aliphatic rings. The summed E-state index contributed by atoms with van der Waals surface area (Å²) in [6.07, 6.45) is 6.63. The fourth-order valence-electron chi connectivity index (χ4n) is 2.94. The van der Waals surface area contributed by atoms with Crippen molar-refractivity contribution >= 4 is 11.6 Å². The maximum Gasteiger partial charge on any atom is 0.251 e. The minimum atomic E-state index is -0.423. The van der Waals surface area contributed by atoms with Gasteiger partial charge in [0.2, 0.25) is 0 Å². The molecule has 1 amide bonds. The van der Waals surface area contributed by atoms with Gasteiger partial charge in [-0.25, -0.2) is 9.97 Å². The third-order valence-electron chi connectivity index (χ3n) is 4.34. The van der Waals surface area contributed by atoms with Crippen LogP contribution in [0.4, 0.5) is 5.69 Å². The molecule has 0 aliphatic carbocycles. The molecule has 7 nitrogen and oxygen atoms in total. The molecule has 2 saturated heterocycles. The molecule has 0 radical (unpaired) electrons. The average molecular weight is 305 g/mol. The first kappa shape index (κ1) is 15.2. The normalized spacial score (nSPS) is 24.2. The van der Waals surface area contributed by atoms with Gasteiger partial charge in [0, 0.05) is 12.6 Å². The number of rotatable bonds is 3. The van der Waals surface area contributed by atoms with E-state index in [0.29, 0.717) is 13.2 Å². The maximum atomic E-state index is 12.4. The van der Waals surface area contributed by atoms with Gasteiger partial charge >= 0.3 is 0 Å². The number of morpholine rings is 1. The van der Waals surface area contributed by atoms with Crippen LogP contribution in [-0.4, -0.2) is 72.8 Å². The smallest absolute Gasteiger partial charge is 0.251 e. The Balaban J connectivity index is 1.54. The topological polar surface area (TPSA) is 70.6 Å². The van der Waals surface area contributed by atoms with Gasteiger partial charge < -0.3 is 19.9 Å². The van der Waals surface area contributed by atoms with Crippen LogP contribution in [0.5, 0.6) is 0 Å². The molecule has 22 heavy (non-hydrogen) atoms. The van der Waals surface area contributed by atoms with E-state index in [1.165, 1.54) is 6.33 Å². The second-order valence-corrected chi connectivity index (χ2v) is 5.99. The summed E-state index contributed by atoms with van der Waals surface area (Å²) in [5.41, 5.74) is 0.933. The highest BCUT2D eigenvalue weighted by atomic mass is 16.5. The maximum absolute atomic E-state index is 12.4. The van der Waals surface area contributed by atoms with Crippen molar-refractivity contribution in [1.29, 1.82) is 0 Å². The number of ether oxygens (including phenoxy) is 1. The zero-order valence-electron chi connectivity index (χ0n) is 12.9. The summed E-state index contributed by atoms with van der Waals surface area (Å²) in [5, 5.41) is 3.13. The van der Waals surface area contributed by atoms with E-state index in [4.69, 9.17) is 4.74 Å². The largest absolute Gasteiger partial charge is 0.365 e. The quantitative estimate of drug-likeness (QED) is 0.840. The minimum absolute atomic E-state index is 0.00361. The number of piperidine rings is 1. The average Bonchev–Trinajstić information content (AvgIpc) is 2.58. The van der Waals surface area contributed by atoms with Crippen LogP contribution in [0.25, 0.3) is 0 Å². The fourth-order valence-corrected chi connectivity index (χ4v) is 2.94. The van der Waals surface area contributed by atoms with E-state index in [1.807, 2.05) is 0 Å². The molecule has 0 bridgehead atoms. The van der Waals surface area contributed by atoms with Crippen molar-refractivity contribution in [3.63, 3.8) is 0 Å². The van der Waals surface area contributed by atoms with Crippen LogP contribution in [0, 0.1) is 0 Å². The van der Waals surface area contributed by atoms with Gasteiger partial charge in [0.25, 0.3) is 5.91 Å². The van der Waals surface area contributed by atoms with Crippen LogP contribution in [-0.2, 0) is 9.53 Å². The summed E-state index contributed by atoms with van der Waals surface area (Å²) >= 11 is 0. The molecule has 7 heteroatoms. The summed E-state index contributed by atoms with van der Waals surface area (Å²) in [6, 6.07) is 0.266. The molecule has 0 saturated carbocycles. The van der Waals surface area contributed by atoms with Crippen molar-refractivity contribution in [2.24, 2.45) is 0 Å². The summed E-state index contributed by atoms with van der Waals surface area (Å²) < 4.78 is 5.65. The number of likely N-dealkylation sites (tertiary alicyclic amines) is 1. The summed E-state index contributed by atoms with van der Waals surface area (Å²) in [7, 11) is 2.11. The Hall–Kier alpha value is -1.73. The van der Waals surface area contributed by atoms with Gasteiger partial charge in [-0.05, 0) is 33.0 Å². The van der Waals surface area contributed by atoms with Crippen LogP contribution < -0.4 is 10.2 Å². The van der Waals surface area contributed by atoms with Crippen LogP contribution in [0.2, 0.25) is 0 Å². The van der Waals surface area contributed by atoms with Gasteiger partial charge in [0.1, 0.15) is 6.33 Å². The monoisotopic (exact) mass is 305 g/mol. The van der Waals surface area contributed by atoms with Gasteiger partial charge in [-0.3, -0.25) is 4.79 Å². The lowest BCUT2D eigenvalue weighted by Gasteiger charge is -2.35. The second-order valence-electron chi connectivity index (χ2n) is 5.99. The Morgan fingerprint density at radius 3 is 2.73 bits per heavy atom. The molecular weight excluding hydrogens is 282 g/mol. The SMILES string of the molecule is CN1CCC(NC(=O)C2CN(c3cncnc3)CCO2)CC1.